The van der Waals surface area contributed by atoms with Gasteiger partial charge in [0.05, 0.1) is 23.9 Å². The van der Waals surface area contributed by atoms with Crippen LogP contribution in [0.25, 0.3) is 0 Å². The van der Waals surface area contributed by atoms with Gasteiger partial charge < -0.3 is 18.8 Å². The van der Waals surface area contributed by atoms with Gasteiger partial charge in [-0.2, -0.15) is 0 Å². The van der Waals surface area contributed by atoms with Gasteiger partial charge in [0, 0.05) is 18.7 Å². The number of hydrogen-bond donors (Lipinski definition) is 0. The smallest absolute Gasteiger partial charge is 0.399 e. The maximum atomic E-state index is 6.02. The first kappa shape index (κ1) is 25.1. The highest BCUT2D eigenvalue weighted by molar-refractivity contribution is 9.10. The summed E-state index contributed by atoms with van der Waals surface area (Å²) in [6.07, 6.45) is 1.10. The lowest BCUT2D eigenvalue weighted by Gasteiger charge is -2.32. The minimum Gasteiger partial charge on any atom is -0.399 e. The van der Waals surface area contributed by atoms with E-state index >= 15 is 0 Å². The molecule has 0 aromatic heterocycles. The second kappa shape index (κ2) is 10.9. The van der Waals surface area contributed by atoms with E-state index < -0.39 is 0 Å². The maximum Gasteiger partial charge on any atom is 0.494 e. The van der Waals surface area contributed by atoms with Crippen LogP contribution in [0.2, 0.25) is 0 Å². The minimum atomic E-state index is -0.285. The van der Waals surface area contributed by atoms with Crippen molar-refractivity contribution in [2.75, 3.05) is 20.8 Å². The van der Waals surface area contributed by atoms with Crippen molar-refractivity contribution < 1.29 is 18.8 Å². The van der Waals surface area contributed by atoms with Gasteiger partial charge >= 0.3 is 7.12 Å². The van der Waals surface area contributed by atoms with E-state index in [1.54, 1.807) is 14.2 Å². The zero-order chi connectivity index (χ0) is 22.4. The molecule has 1 aliphatic rings. The average Bonchev–Trinajstić information content (AvgIpc) is 2.93. The van der Waals surface area contributed by atoms with E-state index in [9.17, 15) is 0 Å². The van der Waals surface area contributed by atoms with Crippen LogP contribution in [0, 0.1) is 0 Å². The number of halogens is 1. The zero-order valence-corrected chi connectivity index (χ0v) is 20.8. The van der Waals surface area contributed by atoms with Gasteiger partial charge in [-0.1, -0.05) is 52.3 Å². The summed E-state index contributed by atoms with van der Waals surface area (Å²) in [7, 11) is 3.16. The van der Waals surface area contributed by atoms with Crippen LogP contribution in [0.5, 0.6) is 0 Å². The van der Waals surface area contributed by atoms with Crippen molar-refractivity contribution in [3.05, 3.63) is 64.1 Å². The van der Waals surface area contributed by atoms with Crippen LogP contribution in [0.4, 0.5) is 0 Å². The molecule has 6 heteroatoms. The van der Waals surface area contributed by atoms with Crippen LogP contribution in [-0.4, -0.2) is 39.1 Å². The van der Waals surface area contributed by atoms with E-state index in [4.69, 9.17) is 18.8 Å². The summed E-state index contributed by atoms with van der Waals surface area (Å²) >= 11 is 3.40. The Labute approximate surface area is 190 Å². The summed E-state index contributed by atoms with van der Waals surface area (Å²) < 4.78 is 23.4. The van der Waals surface area contributed by atoms with Gasteiger partial charge in [-0.25, -0.2) is 0 Å². The van der Waals surface area contributed by atoms with Crippen LogP contribution in [0.3, 0.4) is 0 Å². The average molecular weight is 477 g/mol. The predicted molar refractivity (Wildman–Crippen MR) is 127 cm³/mol. The molecule has 0 saturated carbocycles. The van der Waals surface area contributed by atoms with Crippen molar-refractivity contribution in [1.29, 1.82) is 0 Å². The molecule has 0 amide bonds. The second-order valence-corrected chi connectivity index (χ2v) is 9.42. The molecule has 2 aromatic rings. The number of hydrogen-bond acceptors (Lipinski definition) is 4. The molecule has 0 aliphatic carbocycles. The summed E-state index contributed by atoms with van der Waals surface area (Å²) in [6, 6.07) is 16.5. The third kappa shape index (κ3) is 6.66. The van der Waals surface area contributed by atoms with E-state index in [0.29, 0.717) is 0 Å². The summed E-state index contributed by atoms with van der Waals surface area (Å²) in [5.74, 6) is 0. The second-order valence-electron chi connectivity index (χ2n) is 8.51. The van der Waals surface area contributed by atoms with Crippen LogP contribution in [0.15, 0.2) is 53.0 Å². The number of methoxy groups -OCH3 is 2. The lowest BCUT2D eigenvalue weighted by Crippen LogP contribution is -2.41. The molecule has 0 spiro atoms. The molecular formula is C24H34BBrO4. The molecule has 1 atom stereocenters. The van der Waals surface area contributed by atoms with E-state index in [-0.39, 0.29) is 24.4 Å². The van der Waals surface area contributed by atoms with Gasteiger partial charge in [0.1, 0.15) is 0 Å². The molecule has 1 fully saturated rings. The molecule has 0 radical (unpaired) electrons. The van der Waals surface area contributed by atoms with Crippen molar-refractivity contribution in [3.8, 4) is 0 Å². The van der Waals surface area contributed by atoms with Crippen molar-refractivity contribution in [1.82, 2.24) is 0 Å². The van der Waals surface area contributed by atoms with Gasteiger partial charge in [-0.05, 0) is 69.8 Å². The number of rotatable bonds is 6. The molecule has 164 valence electrons. The van der Waals surface area contributed by atoms with Gasteiger partial charge in [0.2, 0.25) is 0 Å². The van der Waals surface area contributed by atoms with E-state index in [2.05, 4.69) is 80.0 Å². The van der Waals surface area contributed by atoms with Crippen LogP contribution in [0.1, 0.15) is 51.8 Å². The van der Waals surface area contributed by atoms with Gasteiger partial charge in [0.15, 0.2) is 0 Å². The van der Waals surface area contributed by atoms with Crippen LogP contribution >= 0.6 is 15.9 Å². The molecule has 1 saturated heterocycles. The highest BCUT2D eigenvalue weighted by atomic mass is 79.9. The Kier molecular flexibility index (Phi) is 9.13. The Bertz CT molecular complexity index is 776. The molecule has 30 heavy (non-hydrogen) atoms. The topological polar surface area (TPSA) is 36.9 Å². The van der Waals surface area contributed by atoms with Crippen molar-refractivity contribution in [2.45, 2.75) is 58.3 Å². The van der Waals surface area contributed by atoms with Gasteiger partial charge in [-0.15, -0.1) is 0 Å². The molecule has 1 heterocycles. The Morgan fingerprint density at radius 1 is 0.967 bits per heavy atom. The standard InChI is InChI=1S/C15H23BO3.C9H11BrO/c1-14(2)15(3,4)19-16(18-14)13-8-6-12(7-9-13)10-11-17-5;1-7(11-2)8-4-3-5-9(10)6-8/h6-9H,10-11H2,1-5H3;3-7H,1-2H3. The first-order valence-corrected chi connectivity index (χ1v) is 11.1. The number of benzene rings is 2. The largest absolute Gasteiger partial charge is 0.494 e. The third-order valence-corrected chi connectivity index (χ3v) is 6.26. The van der Waals surface area contributed by atoms with Crippen molar-refractivity contribution in [2.24, 2.45) is 0 Å². The van der Waals surface area contributed by atoms with Crippen LogP contribution in [-0.2, 0) is 25.2 Å². The molecule has 1 aliphatic heterocycles. The minimum absolute atomic E-state index is 0.174. The fraction of sp³-hybridized carbons (Fsp3) is 0.500. The lowest BCUT2D eigenvalue weighted by atomic mass is 9.79. The van der Waals surface area contributed by atoms with Crippen molar-refractivity contribution in [3.63, 3.8) is 0 Å². The maximum absolute atomic E-state index is 6.02. The quantitative estimate of drug-likeness (QED) is 0.528. The van der Waals surface area contributed by atoms with E-state index in [1.807, 2.05) is 19.1 Å². The predicted octanol–water partition coefficient (Wildman–Crippen LogP) is 5.33. The Morgan fingerprint density at radius 3 is 2.07 bits per heavy atom. The molecular weight excluding hydrogens is 443 g/mol. The molecule has 4 nitrogen and oxygen atoms in total. The van der Waals surface area contributed by atoms with Crippen LogP contribution < -0.4 is 5.46 Å². The zero-order valence-electron chi connectivity index (χ0n) is 19.2. The first-order chi connectivity index (χ1) is 14.1. The Morgan fingerprint density at radius 2 is 1.57 bits per heavy atom. The molecule has 0 bridgehead atoms. The summed E-state index contributed by atoms with van der Waals surface area (Å²) in [4.78, 5) is 0. The molecule has 0 N–H and O–H groups in total. The normalized spacial score (nSPS) is 17.9. The fourth-order valence-electron chi connectivity index (χ4n) is 2.94. The van der Waals surface area contributed by atoms with E-state index in [0.717, 1.165) is 23.0 Å². The SMILES string of the molecule is COC(C)c1cccc(Br)c1.COCCc1ccc(B2OC(C)(C)C(C)(C)O2)cc1. The first-order valence-electron chi connectivity index (χ1n) is 10.3. The molecule has 2 aromatic carbocycles. The summed E-state index contributed by atoms with van der Waals surface area (Å²) in [6.45, 7) is 11.1. The van der Waals surface area contributed by atoms with Crippen molar-refractivity contribution >= 4 is 28.5 Å². The lowest BCUT2D eigenvalue weighted by molar-refractivity contribution is 0.00578. The van der Waals surface area contributed by atoms with E-state index in [1.165, 1.54) is 11.1 Å². The Balaban J connectivity index is 0.000000248. The highest BCUT2D eigenvalue weighted by Crippen LogP contribution is 2.36. The summed E-state index contributed by atoms with van der Waals surface area (Å²) in [5, 5.41) is 0. The monoisotopic (exact) mass is 476 g/mol. The van der Waals surface area contributed by atoms with Gasteiger partial charge in [-0.3, -0.25) is 0 Å². The van der Waals surface area contributed by atoms with Gasteiger partial charge in [0.25, 0.3) is 0 Å². The summed E-state index contributed by atoms with van der Waals surface area (Å²) in [5.41, 5.74) is 2.96. The molecule has 1 unspecified atom stereocenters. The third-order valence-electron chi connectivity index (χ3n) is 5.77. The fourth-order valence-corrected chi connectivity index (χ4v) is 3.35. The highest BCUT2D eigenvalue weighted by Gasteiger charge is 2.51. The number of ether oxygens (including phenoxy) is 2. The Hall–Kier alpha value is -1.18. The molecule has 3 rings (SSSR count).